The van der Waals surface area contributed by atoms with Gasteiger partial charge in [0.2, 0.25) is 16.8 Å². The van der Waals surface area contributed by atoms with Crippen molar-refractivity contribution in [2.45, 2.75) is 18.4 Å². The summed E-state index contributed by atoms with van der Waals surface area (Å²) in [6.07, 6.45) is 0. The van der Waals surface area contributed by atoms with E-state index in [2.05, 4.69) is 0 Å². The molecule has 0 radical (unpaired) electrons. The Morgan fingerprint density at radius 1 is 1.19 bits per heavy atom. The molecule has 1 aliphatic rings. The fraction of sp³-hybridized carbons (Fsp3) is 0.294. The zero-order valence-corrected chi connectivity index (χ0v) is 15.6. The first-order valence-electron chi connectivity index (χ1n) is 8.08. The van der Waals surface area contributed by atoms with E-state index < -0.39 is 20.6 Å². The first kappa shape index (κ1) is 18.9. The average Bonchev–Trinajstić information content (AvgIpc) is 3.13. The second-order valence-electron chi connectivity index (χ2n) is 5.71. The zero-order chi connectivity index (χ0) is 19.6. The summed E-state index contributed by atoms with van der Waals surface area (Å²) in [6, 6.07) is 8.80. The van der Waals surface area contributed by atoms with Gasteiger partial charge >= 0.3 is 0 Å². The largest absolute Gasteiger partial charge is 0.497 e. The van der Waals surface area contributed by atoms with Crippen LogP contribution in [0.5, 0.6) is 17.2 Å². The first-order valence-corrected chi connectivity index (χ1v) is 9.52. The fourth-order valence-electron chi connectivity index (χ4n) is 2.73. The van der Waals surface area contributed by atoms with Crippen LogP contribution in [0, 0.1) is 10.1 Å². The molecule has 0 N–H and O–H groups in total. The summed E-state index contributed by atoms with van der Waals surface area (Å²) in [5, 5.41) is 11.4. The fourth-order valence-corrected chi connectivity index (χ4v) is 4.31. The molecule has 0 fully saturated rings. The summed E-state index contributed by atoms with van der Waals surface area (Å²) in [6.45, 7) is 1.96. The van der Waals surface area contributed by atoms with Gasteiger partial charge in [-0.1, -0.05) is 13.0 Å². The Bertz CT molecular complexity index is 975. The average molecular weight is 394 g/mol. The molecular weight excluding hydrogens is 376 g/mol. The van der Waals surface area contributed by atoms with Gasteiger partial charge in [-0.05, 0) is 29.8 Å². The lowest BCUT2D eigenvalue weighted by Gasteiger charge is -2.21. The van der Waals surface area contributed by atoms with E-state index in [0.29, 0.717) is 17.1 Å². The van der Waals surface area contributed by atoms with Crippen LogP contribution in [0.3, 0.4) is 0 Å². The third-order valence-electron chi connectivity index (χ3n) is 4.13. The predicted molar refractivity (Wildman–Crippen MR) is 95.5 cm³/mol. The van der Waals surface area contributed by atoms with E-state index in [1.807, 2.05) is 0 Å². The van der Waals surface area contributed by atoms with Crippen molar-refractivity contribution in [3.8, 4) is 17.2 Å². The van der Waals surface area contributed by atoms with Gasteiger partial charge in [0.05, 0.1) is 18.1 Å². The van der Waals surface area contributed by atoms with E-state index >= 15 is 0 Å². The molecule has 1 aliphatic heterocycles. The maximum atomic E-state index is 13.1. The Kier molecular flexibility index (Phi) is 5.19. The van der Waals surface area contributed by atoms with E-state index in [1.165, 1.54) is 23.5 Å². The Morgan fingerprint density at radius 2 is 1.93 bits per heavy atom. The van der Waals surface area contributed by atoms with E-state index in [4.69, 9.17) is 14.2 Å². The summed E-state index contributed by atoms with van der Waals surface area (Å²) < 4.78 is 42.8. The van der Waals surface area contributed by atoms with Gasteiger partial charge in [-0.15, -0.1) is 0 Å². The van der Waals surface area contributed by atoms with Gasteiger partial charge in [-0.2, -0.15) is 4.31 Å². The Hall–Kier alpha value is -2.85. The van der Waals surface area contributed by atoms with Crippen molar-refractivity contribution in [1.82, 2.24) is 4.31 Å². The molecule has 1 heterocycles. The number of sulfonamides is 1. The third kappa shape index (κ3) is 3.67. The summed E-state index contributed by atoms with van der Waals surface area (Å²) in [4.78, 5) is 10.3. The molecule has 27 heavy (non-hydrogen) atoms. The van der Waals surface area contributed by atoms with Crippen LogP contribution in [-0.4, -0.2) is 38.1 Å². The molecule has 3 rings (SSSR count). The number of ether oxygens (including phenoxy) is 3. The van der Waals surface area contributed by atoms with Crippen LogP contribution in [0.15, 0.2) is 41.3 Å². The third-order valence-corrected chi connectivity index (χ3v) is 6.10. The molecule has 0 aromatic heterocycles. The van der Waals surface area contributed by atoms with Crippen LogP contribution in [-0.2, 0) is 16.6 Å². The molecule has 9 nitrogen and oxygen atoms in total. The van der Waals surface area contributed by atoms with Crippen molar-refractivity contribution < 1.29 is 27.6 Å². The standard InChI is InChI=1S/C17H18N2O7S/c1-3-18(10-12-4-6-15-16(8-12)26-11-25-15)27(22,23)17-7-5-13(24-2)9-14(17)19(20)21/h4-9H,3,10-11H2,1-2H3. The van der Waals surface area contributed by atoms with Crippen LogP contribution in [0.4, 0.5) is 5.69 Å². The monoisotopic (exact) mass is 394 g/mol. The minimum Gasteiger partial charge on any atom is -0.497 e. The minimum atomic E-state index is -4.10. The molecule has 0 saturated carbocycles. The highest BCUT2D eigenvalue weighted by atomic mass is 32.2. The lowest BCUT2D eigenvalue weighted by Crippen LogP contribution is -2.31. The van der Waals surface area contributed by atoms with Crippen LogP contribution >= 0.6 is 0 Å². The highest BCUT2D eigenvalue weighted by Crippen LogP contribution is 2.34. The second kappa shape index (κ2) is 7.41. The van der Waals surface area contributed by atoms with Gasteiger partial charge in [0.25, 0.3) is 5.69 Å². The van der Waals surface area contributed by atoms with Crippen molar-refractivity contribution in [1.29, 1.82) is 0 Å². The lowest BCUT2D eigenvalue weighted by molar-refractivity contribution is -0.387. The highest BCUT2D eigenvalue weighted by molar-refractivity contribution is 7.89. The molecule has 0 bridgehead atoms. The Balaban J connectivity index is 1.96. The molecule has 0 spiro atoms. The van der Waals surface area contributed by atoms with Gasteiger partial charge in [-0.3, -0.25) is 10.1 Å². The summed E-state index contributed by atoms with van der Waals surface area (Å²) in [5.74, 6) is 1.34. The van der Waals surface area contributed by atoms with Gasteiger partial charge in [0.1, 0.15) is 5.75 Å². The summed E-state index contributed by atoms with van der Waals surface area (Å²) in [7, 11) is -2.75. The van der Waals surface area contributed by atoms with Gasteiger partial charge in [0.15, 0.2) is 16.4 Å². The van der Waals surface area contributed by atoms with E-state index in [-0.39, 0.29) is 30.5 Å². The van der Waals surface area contributed by atoms with E-state index in [9.17, 15) is 18.5 Å². The summed E-state index contributed by atoms with van der Waals surface area (Å²) >= 11 is 0. The first-order chi connectivity index (χ1) is 12.9. The molecule has 0 saturated heterocycles. The van der Waals surface area contributed by atoms with Gasteiger partial charge in [0, 0.05) is 13.1 Å². The SMILES string of the molecule is CCN(Cc1ccc2c(c1)OCO2)S(=O)(=O)c1ccc(OC)cc1[N+](=O)[O-]. The van der Waals surface area contributed by atoms with Crippen molar-refractivity contribution in [2.24, 2.45) is 0 Å². The van der Waals surface area contributed by atoms with Crippen LogP contribution in [0.25, 0.3) is 0 Å². The van der Waals surface area contributed by atoms with Crippen LogP contribution in [0.1, 0.15) is 12.5 Å². The highest BCUT2D eigenvalue weighted by Gasteiger charge is 2.31. The van der Waals surface area contributed by atoms with Crippen molar-refractivity contribution in [3.63, 3.8) is 0 Å². The predicted octanol–water partition coefficient (Wildman–Crippen LogP) is 2.54. The van der Waals surface area contributed by atoms with Crippen LogP contribution in [0.2, 0.25) is 0 Å². The van der Waals surface area contributed by atoms with Gasteiger partial charge in [-0.25, -0.2) is 8.42 Å². The molecular formula is C17H18N2O7S. The molecule has 2 aromatic carbocycles. The minimum absolute atomic E-state index is 0.0403. The van der Waals surface area contributed by atoms with Crippen molar-refractivity contribution in [3.05, 3.63) is 52.1 Å². The Labute approximate surface area is 156 Å². The zero-order valence-electron chi connectivity index (χ0n) is 14.7. The molecule has 0 unspecified atom stereocenters. The molecule has 10 heteroatoms. The quantitative estimate of drug-likeness (QED) is 0.524. The lowest BCUT2D eigenvalue weighted by atomic mass is 10.2. The van der Waals surface area contributed by atoms with Crippen LogP contribution < -0.4 is 14.2 Å². The number of nitro groups is 1. The number of hydrogen-bond donors (Lipinski definition) is 0. The summed E-state index contributed by atoms with van der Waals surface area (Å²) in [5.41, 5.74) is 0.152. The smallest absolute Gasteiger partial charge is 0.293 e. The topological polar surface area (TPSA) is 108 Å². The molecule has 144 valence electrons. The van der Waals surface area contributed by atoms with E-state index in [1.54, 1.807) is 25.1 Å². The molecule has 0 atom stereocenters. The van der Waals surface area contributed by atoms with Crippen molar-refractivity contribution >= 4 is 15.7 Å². The second-order valence-corrected chi connectivity index (χ2v) is 7.62. The number of nitro benzene ring substituents is 1. The van der Waals surface area contributed by atoms with E-state index in [0.717, 1.165) is 6.07 Å². The number of rotatable bonds is 7. The normalized spacial score (nSPS) is 13.0. The molecule has 0 amide bonds. The molecule has 0 aliphatic carbocycles. The van der Waals surface area contributed by atoms with Crippen molar-refractivity contribution in [2.75, 3.05) is 20.4 Å². The maximum absolute atomic E-state index is 13.1. The number of benzene rings is 2. The number of methoxy groups -OCH3 is 1. The molecule has 2 aromatic rings. The number of fused-ring (bicyclic) bond motifs is 1. The number of nitrogens with zero attached hydrogens (tertiary/aromatic N) is 2. The maximum Gasteiger partial charge on any atom is 0.293 e. The number of hydrogen-bond acceptors (Lipinski definition) is 7. The van der Waals surface area contributed by atoms with Gasteiger partial charge < -0.3 is 14.2 Å². The Morgan fingerprint density at radius 3 is 2.59 bits per heavy atom.